The number of fused-ring (bicyclic) bond motifs is 6. The van der Waals surface area contributed by atoms with E-state index < -0.39 is 59.8 Å². The third-order valence-corrected chi connectivity index (χ3v) is 19.7. The van der Waals surface area contributed by atoms with Crippen LogP contribution in [-0.2, 0) is 117 Å². The Kier molecular flexibility index (Phi) is 45.4. The highest BCUT2D eigenvalue weighted by Gasteiger charge is 2.34. The second-order valence-electron chi connectivity index (χ2n) is 30.3. The minimum absolute atomic E-state index is 0.00412. The molecule has 10 N–H and O–H groups in total. The van der Waals surface area contributed by atoms with Crippen molar-refractivity contribution in [2.45, 2.75) is 195 Å². The molecular weight excluding hydrogens is 1570 g/mol. The van der Waals surface area contributed by atoms with Gasteiger partial charge in [0.25, 0.3) is 0 Å². The molecule has 0 bridgehead atoms. The van der Waals surface area contributed by atoms with Gasteiger partial charge in [-0.15, -0.1) is 10.2 Å². The molecule has 0 fully saturated rings. The van der Waals surface area contributed by atoms with Gasteiger partial charge in [0, 0.05) is 74.7 Å². The minimum atomic E-state index is -1.20. The molecule has 2 aromatic heterocycles. The second kappa shape index (κ2) is 55.9. The van der Waals surface area contributed by atoms with E-state index in [9.17, 15) is 47.9 Å². The van der Waals surface area contributed by atoms with Gasteiger partial charge in [-0.1, -0.05) is 112 Å². The van der Waals surface area contributed by atoms with E-state index in [1.807, 2.05) is 78.7 Å². The van der Waals surface area contributed by atoms with Gasteiger partial charge in [0.05, 0.1) is 142 Å². The van der Waals surface area contributed by atoms with Gasteiger partial charge < -0.3 is 101 Å². The van der Waals surface area contributed by atoms with Crippen molar-refractivity contribution >= 4 is 70.6 Å². The van der Waals surface area contributed by atoms with E-state index in [0.29, 0.717) is 115 Å². The number of para-hydroxylation sites is 1. The number of anilines is 2. The summed E-state index contributed by atoms with van der Waals surface area (Å²) in [5.74, 6) is -4.48. The maximum Gasteiger partial charge on any atom is 0.312 e. The number of nitrogens with two attached hydrogens (primary N) is 1. The van der Waals surface area contributed by atoms with Crippen LogP contribution in [0.4, 0.5) is 16.2 Å². The number of nitrogens with zero attached hydrogens (tertiary/aromatic N) is 7. The Morgan fingerprint density at radius 2 is 1.12 bits per heavy atom. The third-order valence-electron chi connectivity index (χ3n) is 19.7. The molecule has 121 heavy (non-hydrogen) atoms. The van der Waals surface area contributed by atoms with Crippen molar-refractivity contribution in [2.24, 2.45) is 17.6 Å². The lowest BCUT2D eigenvalue weighted by atomic mass is 9.95. The van der Waals surface area contributed by atoms with Crippen LogP contribution in [0.2, 0.25) is 0 Å². The van der Waals surface area contributed by atoms with Gasteiger partial charge in [-0.2, -0.15) is 0 Å². The summed E-state index contributed by atoms with van der Waals surface area (Å²) in [4.78, 5) is 134. The number of nitrogens with one attached hydrogen (secondary N) is 8. The molecule has 3 heterocycles. The Morgan fingerprint density at radius 1 is 0.529 bits per heavy atom. The second-order valence-corrected chi connectivity index (χ2v) is 30.3. The number of carbonyl (C=O) groups is 10. The van der Waals surface area contributed by atoms with Crippen molar-refractivity contribution in [1.29, 1.82) is 0 Å². The highest BCUT2D eigenvalue weighted by molar-refractivity contribution is 6.02. The first-order valence-corrected chi connectivity index (χ1v) is 42.5. The zero-order valence-electron chi connectivity index (χ0n) is 71.4. The average molecular weight is 1690 g/mol. The topological polar surface area (TPSA) is 450 Å². The SMILES string of the molecule is CCCNC(=O)CCOCCOCCOCCOCCn1nnc2c1CCCCCC2OCC(=O)NCCCC[C@@H](NC(=O)CCOCCOCCOCCOCCNC(=O)CCC(=O)N1Cc2ccccc2-c2nnn(C(C)C)c2-c2ccccc21)C(=O)N[C@H](C(=O)N[C@@H](CCCNC(N)=O)C(=O)Nc1ccc(COC(=O)C(C)C)cc1)C(C)C. The van der Waals surface area contributed by atoms with Gasteiger partial charge in [0.15, 0.2) is 0 Å². The lowest BCUT2D eigenvalue weighted by molar-refractivity contribution is -0.148. The van der Waals surface area contributed by atoms with E-state index in [2.05, 4.69) is 63.2 Å². The van der Waals surface area contributed by atoms with Crippen molar-refractivity contribution in [3.05, 3.63) is 95.3 Å². The highest BCUT2D eigenvalue weighted by atomic mass is 16.6. The molecule has 1 unspecified atom stereocenters. The number of ether oxygens (including phenoxy) is 10. The number of aromatic nitrogens is 6. The van der Waals surface area contributed by atoms with Crippen molar-refractivity contribution in [3.63, 3.8) is 0 Å². The Labute approximate surface area is 708 Å². The molecule has 0 radical (unpaired) electrons. The van der Waals surface area contributed by atoms with Crippen LogP contribution in [-0.4, -0.2) is 246 Å². The van der Waals surface area contributed by atoms with Crippen molar-refractivity contribution in [3.8, 4) is 22.5 Å². The van der Waals surface area contributed by atoms with Crippen LogP contribution in [0.3, 0.4) is 0 Å². The molecule has 1 aliphatic carbocycles. The number of hydrogen-bond donors (Lipinski definition) is 9. The normalized spacial score (nSPS) is 13.8. The van der Waals surface area contributed by atoms with Crippen LogP contribution in [0, 0.1) is 11.8 Å². The fourth-order valence-electron chi connectivity index (χ4n) is 13.1. The monoisotopic (exact) mass is 1690 g/mol. The molecular formula is C85H128N16O20. The lowest BCUT2D eigenvalue weighted by Crippen LogP contribution is -2.57. The average Bonchev–Trinajstić information content (AvgIpc) is 1.63. The zero-order valence-corrected chi connectivity index (χ0v) is 71.4. The van der Waals surface area contributed by atoms with Crippen LogP contribution in [0.15, 0.2) is 72.8 Å². The number of hydrogen-bond acceptors (Lipinski definition) is 24. The van der Waals surface area contributed by atoms with Crippen molar-refractivity contribution < 1.29 is 95.3 Å². The molecule has 1 aliphatic heterocycles. The summed E-state index contributed by atoms with van der Waals surface area (Å²) in [6.07, 6.45) is 5.94. The van der Waals surface area contributed by atoms with Crippen LogP contribution in [0.25, 0.3) is 22.5 Å². The maximum atomic E-state index is 14.4. The molecule has 36 nitrogen and oxygen atoms in total. The van der Waals surface area contributed by atoms with Crippen molar-refractivity contribution in [1.82, 2.24) is 67.2 Å². The van der Waals surface area contributed by atoms with Crippen LogP contribution in [0.5, 0.6) is 0 Å². The minimum Gasteiger partial charge on any atom is -0.461 e. The smallest absolute Gasteiger partial charge is 0.312 e. The van der Waals surface area contributed by atoms with Gasteiger partial charge in [-0.3, -0.25) is 43.2 Å². The number of primary amides is 1. The van der Waals surface area contributed by atoms with E-state index in [1.54, 1.807) is 56.9 Å². The van der Waals surface area contributed by atoms with Gasteiger partial charge in [-0.05, 0) is 107 Å². The fraction of sp³-hybridized carbons (Fsp3) is 0.624. The largest absolute Gasteiger partial charge is 0.461 e. The molecule has 3 aromatic carbocycles. The van der Waals surface area contributed by atoms with Gasteiger partial charge in [0.1, 0.15) is 48.8 Å². The molecule has 7 rings (SSSR count). The molecule has 5 aromatic rings. The van der Waals surface area contributed by atoms with E-state index in [0.717, 1.165) is 71.6 Å². The van der Waals surface area contributed by atoms with Gasteiger partial charge in [-0.25, -0.2) is 14.2 Å². The number of esters is 1. The summed E-state index contributed by atoms with van der Waals surface area (Å²) >= 11 is 0. The quantitative estimate of drug-likeness (QED) is 0.0159. The van der Waals surface area contributed by atoms with Gasteiger partial charge in [0.2, 0.25) is 47.3 Å². The standard InChI is InChI=1S/C85H128N16O20/c1-8-35-87-73(103)33-40-112-44-48-116-53-55-119-51-47-115-43-39-100-70-25-10-9-11-26-71(79(70)96-97-100)120-58-75(105)88-36-17-16-22-67(82(108)94-77(59(2)3)83(109)93-68(23-18-37-90-85(86)111)81(107)91-64-29-27-62(28-30-64)57-121-84(110)60(4)5)92-74(104)34-41-113-45-49-117-52-54-118-50-46-114-42-38-89-72(102)31-32-76(106)99-56-63-19-12-13-20-65(63)78-80(101(61(6)7)98-95-78)66-21-14-15-24-69(66)99/h12-15,19-21,24,27-30,59-61,67-68,71,77H,8-11,16-18,22-23,25-26,31-58H2,1-7H3,(H,87,103)(H,88,105)(H,89,102)(H,91,107)(H,92,104)(H,93,109)(H,94,108)(H3,86,90,111)/t67-,68+,71?,77+/m1/s1. The highest BCUT2D eigenvalue weighted by Crippen LogP contribution is 2.42. The van der Waals surface area contributed by atoms with E-state index >= 15 is 0 Å². The summed E-state index contributed by atoms with van der Waals surface area (Å²) in [6.45, 7) is 19.5. The number of carbonyl (C=O) groups excluding carboxylic acids is 10. The third kappa shape index (κ3) is 36.0. The maximum absolute atomic E-state index is 14.4. The lowest BCUT2D eigenvalue weighted by Gasteiger charge is -2.29. The van der Waals surface area contributed by atoms with Crippen LogP contribution >= 0.6 is 0 Å². The van der Waals surface area contributed by atoms with Crippen LogP contribution in [0.1, 0.15) is 173 Å². The number of benzene rings is 3. The van der Waals surface area contributed by atoms with E-state index in [1.165, 1.54) is 0 Å². The molecule has 10 amide bonds. The van der Waals surface area contributed by atoms with Crippen LogP contribution < -0.4 is 53.2 Å². The Hall–Kier alpha value is -9.92. The van der Waals surface area contributed by atoms with E-state index in [-0.39, 0.29) is 166 Å². The molecule has 0 saturated carbocycles. The van der Waals surface area contributed by atoms with E-state index in [4.69, 9.17) is 53.1 Å². The first-order chi connectivity index (χ1) is 58.6. The molecule has 0 saturated heterocycles. The fourth-order valence-corrected chi connectivity index (χ4v) is 13.1. The number of rotatable bonds is 59. The Balaban J connectivity index is 0.819. The molecule has 0 spiro atoms. The molecule has 2 aliphatic rings. The summed E-state index contributed by atoms with van der Waals surface area (Å²) in [5, 5.41) is 40.3. The number of amides is 10. The first-order valence-electron chi connectivity index (χ1n) is 42.5. The number of unbranched alkanes of at least 4 members (excludes halogenated alkanes) is 1. The molecule has 4 atom stereocenters. The Morgan fingerprint density at radius 3 is 1.77 bits per heavy atom. The molecule has 668 valence electrons. The first kappa shape index (κ1) is 98.2. The predicted octanol–water partition coefficient (Wildman–Crippen LogP) is 6.02. The summed E-state index contributed by atoms with van der Waals surface area (Å²) < 4.78 is 60.5. The summed E-state index contributed by atoms with van der Waals surface area (Å²) in [6, 6.07) is 17.9. The zero-order chi connectivity index (χ0) is 86.9. The van der Waals surface area contributed by atoms with Gasteiger partial charge >= 0.3 is 12.0 Å². The Bertz CT molecular complexity index is 3990. The number of urea groups is 1. The summed E-state index contributed by atoms with van der Waals surface area (Å²) in [7, 11) is 0. The predicted molar refractivity (Wildman–Crippen MR) is 449 cm³/mol. The molecule has 36 heteroatoms. The summed E-state index contributed by atoms with van der Waals surface area (Å²) in [5.41, 5.74) is 13.0. The van der Waals surface area contributed by atoms with Crippen molar-refractivity contribution in [2.75, 3.05) is 149 Å².